The van der Waals surface area contributed by atoms with E-state index in [0.717, 1.165) is 25.7 Å². The number of nitrogens with one attached hydrogen (secondary N) is 2. The molecule has 2 aromatic rings. The number of ether oxygens (including phenoxy) is 2. The van der Waals surface area contributed by atoms with Gasteiger partial charge in [-0.3, -0.25) is 0 Å². The van der Waals surface area contributed by atoms with Crippen LogP contribution in [0.2, 0.25) is 0 Å². The van der Waals surface area contributed by atoms with Crippen LogP contribution in [0.4, 0.5) is 0 Å². The standard InChI is InChI=1S/C18H20N2O4/c21-17(13-3-1-9-19-13)23-15-11-5-7-12(8-6-11)16(15)24-18(22)14-4-2-10-20-14/h1-4,9-12,15-16,19-20H,5-8H2. The van der Waals surface area contributed by atoms with Crippen LogP contribution in [-0.4, -0.2) is 34.1 Å². The van der Waals surface area contributed by atoms with Crippen molar-refractivity contribution in [2.75, 3.05) is 0 Å². The summed E-state index contributed by atoms with van der Waals surface area (Å²) in [5.41, 5.74) is 0.844. The molecule has 2 unspecified atom stereocenters. The van der Waals surface area contributed by atoms with E-state index in [1.54, 1.807) is 36.7 Å². The number of aromatic amines is 2. The SMILES string of the molecule is O=C(OC1C2CCC(CC2)C1OC(=O)c1ccc[nH]1)c1ccc[nH]1. The number of esters is 2. The second kappa shape index (κ2) is 6.19. The maximum absolute atomic E-state index is 12.3. The molecular weight excluding hydrogens is 308 g/mol. The molecule has 0 aliphatic heterocycles. The maximum atomic E-state index is 12.3. The molecule has 5 rings (SSSR count). The molecule has 3 aliphatic carbocycles. The van der Waals surface area contributed by atoms with Gasteiger partial charge >= 0.3 is 11.9 Å². The van der Waals surface area contributed by atoms with E-state index in [9.17, 15) is 9.59 Å². The Bertz CT molecular complexity index is 637. The molecule has 0 amide bonds. The molecule has 126 valence electrons. The Morgan fingerprint density at radius 2 is 1.21 bits per heavy atom. The van der Waals surface area contributed by atoms with Gasteiger partial charge in [0.25, 0.3) is 0 Å². The molecule has 2 N–H and O–H groups in total. The zero-order valence-corrected chi connectivity index (χ0v) is 13.2. The third-order valence-electron chi connectivity index (χ3n) is 5.19. The van der Waals surface area contributed by atoms with Crippen LogP contribution >= 0.6 is 0 Å². The van der Waals surface area contributed by atoms with Gasteiger partial charge in [0.15, 0.2) is 0 Å². The van der Waals surface area contributed by atoms with E-state index in [4.69, 9.17) is 9.47 Å². The largest absolute Gasteiger partial charge is 0.453 e. The van der Waals surface area contributed by atoms with Crippen molar-refractivity contribution < 1.29 is 19.1 Å². The molecule has 0 aromatic carbocycles. The lowest BCUT2D eigenvalue weighted by Crippen LogP contribution is -2.52. The fourth-order valence-electron chi connectivity index (χ4n) is 3.95. The third kappa shape index (κ3) is 2.72. The highest BCUT2D eigenvalue weighted by Gasteiger charge is 2.48. The number of H-pyrrole nitrogens is 2. The monoisotopic (exact) mass is 328 g/mol. The van der Waals surface area contributed by atoms with Crippen LogP contribution in [0.15, 0.2) is 36.7 Å². The Morgan fingerprint density at radius 3 is 1.54 bits per heavy atom. The number of hydrogen-bond donors (Lipinski definition) is 2. The summed E-state index contributed by atoms with van der Waals surface area (Å²) in [6, 6.07) is 6.88. The molecule has 2 aromatic heterocycles. The predicted molar refractivity (Wildman–Crippen MR) is 85.4 cm³/mol. The lowest BCUT2D eigenvalue weighted by Gasteiger charge is -2.46. The summed E-state index contributed by atoms with van der Waals surface area (Å²) in [6.45, 7) is 0. The number of carbonyl (C=O) groups excluding carboxylic acids is 2. The average molecular weight is 328 g/mol. The fourth-order valence-corrected chi connectivity index (χ4v) is 3.95. The first-order valence-corrected chi connectivity index (χ1v) is 8.41. The van der Waals surface area contributed by atoms with Crippen molar-refractivity contribution >= 4 is 11.9 Å². The molecule has 2 heterocycles. The smallest absolute Gasteiger partial charge is 0.355 e. The Balaban J connectivity index is 1.51. The molecule has 3 fully saturated rings. The summed E-state index contributed by atoms with van der Waals surface area (Å²) in [6.07, 6.45) is 6.71. The highest BCUT2D eigenvalue weighted by Crippen LogP contribution is 2.44. The van der Waals surface area contributed by atoms with Crippen LogP contribution < -0.4 is 0 Å². The van der Waals surface area contributed by atoms with Gasteiger partial charge in [0.1, 0.15) is 23.6 Å². The van der Waals surface area contributed by atoms with Crippen LogP contribution in [0.5, 0.6) is 0 Å². The molecule has 2 atom stereocenters. The Hall–Kier alpha value is -2.50. The van der Waals surface area contributed by atoms with Gasteiger partial charge in [-0.05, 0) is 61.8 Å². The van der Waals surface area contributed by atoms with E-state index in [2.05, 4.69) is 9.97 Å². The Labute approximate surface area is 139 Å². The highest BCUT2D eigenvalue weighted by atomic mass is 16.6. The summed E-state index contributed by atoms with van der Waals surface area (Å²) >= 11 is 0. The van der Waals surface area contributed by atoms with Crippen molar-refractivity contribution in [3.8, 4) is 0 Å². The van der Waals surface area contributed by atoms with E-state index >= 15 is 0 Å². The zero-order chi connectivity index (χ0) is 16.5. The van der Waals surface area contributed by atoms with Crippen molar-refractivity contribution in [1.29, 1.82) is 0 Å². The van der Waals surface area contributed by atoms with Crippen LogP contribution in [0.1, 0.15) is 46.7 Å². The summed E-state index contributed by atoms with van der Waals surface area (Å²) in [5, 5.41) is 0. The minimum absolute atomic E-state index is 0.260. The van der Waals surface area contributed by atoms with Crippen molar-refractivity contribution in [2.45, 2.75) is 37.9 Å². The lowest BCUT2D eigenvalue weighted by molar-refractivity contribution is -0.122. The van der Waals surface area contributed by atoms with Crippen LogP contribution in [0.25, 0.3) is 0 Å². The van der Waals surface area contributed by atoms with Crippen LogP contribution in [0.3, 0.4) is 0 Å². The molecular formula is C18H20N2O4. The molecule has 6 heteroatoms. The van der Waals surface area contributed by atoms with Gasteiger partial charge in [-0.15, -0.1) is 0 Å². The van der Waals surface area contributed by atoms with E-state index in [1.165, 1.54) is 0 Å². The lowest BCUT2D eigenvalue weighted by atomic mass is 9.67. The third-order valence-corrected chi connectivity index (χ3v) is 5.19. The number of hydrogen-bond acceptors (Lipinski definition) is 4. The molecule has 24 heavy (non-hydrogen) atoms. The number of fused-ring (bicyclic) bond motifs is 3. The Morgan fingerprint density at radius 1 is 0.792 bits per heavy atom. The molecule has 0 spiro atoms. The summed E-state index contributed by atoms with van der Waals surface area (Å²) < 4.78 is 11.5. The van der Waals surface area contributed by atoms with Gasteiger partial charge in [-0.2, -0.15) is 0 Å². The van der Waals surface area contributed by atoms with Gasteiger partial charge < -0.3 is 19.4 Å². The molecule has 0 saturated heterocycles. The molecule has 0 radical (unpaired) electrons. The average Bonchev–Trinajstić information content (AvgIpc) is 3.31. The normalized spacial score (nSPS) is 28.5. The van der Waals surface area contributed by atoms with Crippen LogP contribution in [-0.2, 0) is 9.47 Å². The first-order chi connectivity index (χ1) is 11.7. The predicted octanol–water partition coefficient (Wildman–Crippen LogP) is 2.91. The molecule has 3 saturated carbocycles. The van der Waals surface area contributed by atoms with Crippen LogP contribution in [0, 0.1) is 11.8 Å². The fraction of sp³-hybridized carbons (Fsp3) is 0.444. The van der Waals surface area contributed by atoms with Gasteiger partial charge in [-0.1, -0.05) is 0 Å². The minimum Gasteiger partial charge on any atom is -0.453 e. The van der Waals surface area contributed by atoms with Crippen molar-refractivity contribution in [3.05, 3.63) is 48.0 Å². The van der Waals surface area contributed by atoms with E-state index in [0.29, 0.717) is 11.4 Å². The van der Waals surface area contributed by atoms with Gasteiger partial charge in [0, 0.05) is 12.4 Å². The minimum atomic E-state index is -0.390. The van der Waals surface area contributed by atoms with Gasteiger partial charge in [-0.25, -0.2) is 9.59 Å². The molecule has 2 bridgehead atoms. The second-order valence-electron chi connectivity index (χ2n) is 6.58. The first-order valence-electron chi connectivity index (χ1n) is 8.41. The number of carbonyl (C=O) groups is 2. The highest BCUT2D eigenvalue weighted by molar-refractivity contribution is 5.88. The quantitative estimate of drug-likeness (QED) is 0.845. The van der Waals surface area contributed by atoms with Gasteiger partial charge in [0.05, 0.1) is 0 Å². The van der Waals surface area contributed by atoms with Crippen molar-refractivity contribution in [1.82, 2.24) is 9.97 Å². The van der Waals surface area contributed by atoms with Crippen molar-refractivity contribution in [2.24, 2.45) is 11.8 Å². The van der Waals surface area contributed by atoms with Gasteiger partial charge in [0.2, 0.25) is 0 Å². The zero-order valence-electron chi connectivity index (χ0n) is 13.2. The topological polar surface area (TPSA) is 84.2 Å². The van der Waals surface area contributed by atoms with E-state index in [-0.39, 0.29) is 24.0 Å². The molecule has 3 aliphatic rings. The number of aromatic nitrogens is 2. The summed E-state index contributed by atoms with van der Waals surface area (Å²) in [5.74, 6) is -0.261. The summed E-state index contributed by atoms with van der Waals surface area (Å²) in [4.78, 5) is 30.3. The Kier molecular flexibility index (Phi) is 3.88. The number of rotatable bonds is 4. The summed E-state index contributed by atoms with van der Waals surface area (Å²) in [7, 11) is 0. The maximum Gasteiger partial charge on any atom is 0.355 e. The van der Waals surface area contributed by atoms with Crippen molar-refractivity contribution in [3.63, 3.8) is 0 Å². The van der Waals surface area contributed by atoms with E-state index < -0.39 is 11.9 Å². The van der Waals surface area contributed by atoms with E-state index in [1.807, 2.05) is 0 Å². The first kappa shape index (κ1) is 15.1. The molecule has 6 nitrogen and oxygen atoms in total. The second-order valence-corrected chi connectivity index (χ2v) is 6.58.